The Balaban J connectivity index is 1.69. The molecule has 33 heavy (non-hydrogen) atoms. The molecular weight excluding hydrogens is 442 g/mol. The molecule has 3 heterocycles. The molecule has 1 N–H and O–H groups in total. The number of carbonyl (C=O) groups excluding carboxylic acids is 2. The highest BCUT2D eigenvalue weighted by atomic mass is 32.1. The van der Waals surface area contributed by atoms with Crippen molar-refractivity contribution in [2.24, 2.45) is 0 Å². The topological polar surface area (TPSA) is 102 Å². The number of aliphatic hydroxyl groups is 1. The third-order valence-electron chi connectivity index (χ3n) is 5.74. The summed E-state index contributed by atoms with van der Waals surface area (Å²) in [4.78, 5) is 27.7. The molecule has 8 nitrogen and oxygen atoms in total. The number of ketones is 1. The van der Waals surface area contributed by atoms with Gasteiger partial charge in [-0.05, 0) is 55.3 Å². The average molecular weight is 464 g/mol. The van der Waals surface area contributed by atoms with E-state index in [0.29, 0.717) is 28.3 Å². The Bertz CT molecular complexity index is 1310. The first-order valence-corrected chi connectivity index (χ1v) is 11.2. The fourth-order valence-corrected chi connectivity index (χ4v) is 4.98. The van der Waals surface area contributed by atoms with E-state index in [1.54, 1.807) is 49.4 Å². The number of ether oxygens (including phenoxy) is 2. The number of amides is 1. The molecule has 0 spiro atoms. The van der Waals surface area contributed by atoms with Crippen molar-refractivity contribution >= 4 is 33.9 Å². The monoisotopic (exact) mass is 463 g/mol. The molecule has 3 aromatic rings. The Morgan fingerprint density at radius 3 is 2.76 bits per heavy atom. The van der Waals surface area contributed by atoms with Crippen LogP contribution >= 0.6 is 11.3 Å². The largest absolute Gasteiger partial charge is 0.507 e. The summed E-state index contributed by atoms with van der Waals surface area (Å²) in [7, 11) is 1.54. The molecule has 5 rings (SSSR count). The Morgan fingerprint density at radius 2 is 2.03 bits per heavy atom. The van der Waals surface area contributed by atoms with Crippen molar-refractivity contribution in [3.63, 3.8) is 0 Å². The summed E-state index contributed by atoms with van der Waals surface area (Å²) >= 11 is 1.20. The quantitative estimate of drug-likeness (QED) is 0.357. The molecule has 0 bridgehead atoms. The second kappa shape index (κ2) is 8.00. The minimum absolute atomic E-state index is 0.00646. The fraction of sp³-hybridized carbons (Fsp3) is 0.250. The van der Waals surface area contributed by atoms with Crippen molar-refractivity contribution in [2.45, 2.75) is 32.4 Å². The highest BCUT2D eigenvalue weighted by Crippen LogP contribution is 2.44. The number of fused-ring (bicyclic) bond motifs is 1. The van der Waals surface area contributed by atoms with E-state index in [9.17, 15) is 14.7 Å². The number of aromatic nitrogens is 2. The van der Waals surface area contributed by atoms with E-state index in [1.807, 2.05) is 6.92 Å². The lowest BCUT2D eigenvalue weighted by atomic mass is 9.94. The zero-order chi connectivity index (χ0) is 23.3. The van der Waals surface area contributed by atoms with Crippen molar-refractivity contribution in [1.82, 2.24) is 10.2 Å². The average Bonchev–Trinajstić information content (AvgIpc) is 3.48. The van der Waals surface area contributed by atoms with Gasteiger partial charge in [0.1, 0.15) is 28.4 Å². The van der Waals surface area contributed by atoms with Crippen molar-refractivity contribution in [1.29, 1.82) is 0 Å². The van der Waals surface area contributed by atoms with Gasteiger partial charge in [-0.25, -0.2) is 0 Å². The number of aliphatic hydroxyl groups excluding tert-OH is 1. The minimum atomic E-state index is -0.879. The maximum absolute atomic E-state index is 13.2. The zero-order valence-corrected chi connectivity index (χ0v) is 19.0. The molecule has 168 valence electrons. The molecule has 2 aromatic carbocycles. The van der Waals surface area contributed by atoms with Crippen LogP contribution in [0.25, 0.3) is 5.76 Å². The molecule has 2 atom stereocenters. The maximum atomic E-state index is 13.2. The smallest absolute Gasteiger partial charge is 0.301 e. The van der Waals surface area contributed by atoms with E-state index in [4.69, 9.17) is 9.47 Å². The van der Waals surface area contributed by atoms with Gasteiger partial charge < -0.3 is 14.6 Å². The number of methoxy groups -OCH3 is 1. The van der Waals surface area contributed by atoms with Crippen LogP contribution < -0.4 is 14.4 Å². The van der Waals surface area contributed by atoms with Gasteiger partial charge in [-0.3, -0.25) is 14.5 Å². The standard InChI is InChI=1S/C24H21N3O5S/c1-12-9-16-10-15(7-8-18(16)32-12)21(28)19-20(14-5-4-6-17(11-14)31-3)27(23(30)22(19)29)24-26-25-13(2)33-24/h4-8,10-12,20,28H,9H2,1-3H3/b21-19+. The molecule has 1 amide bonds. The summed E-state index contributed by atoms with van der Waals surface area (Å²) in [6.45, 7) is 3.74. The predicted molar refractivity (Wildman–Crippen MR) is 123 cm³/mol. The number of aryl methyl sites for hydroxylation is 1. The molecule has 2 aliphatic heterocycles. The fourth-order valence-electron chi connectivity index (χ4n) is 4.27. The maximum Gasteiger partial charge on any atom is 0.301 e. The van der Waals surface area contributed by atoms with Crippen LogP contribution in [0.15, 0.2) is 48.0 Å². The second-order valence-electron chi connectivity index (χ2n) is 8.00. The van der Waals surface area contributed by atoms with Gasteiger partial charge >= 0.3 is 5.91 Å². The van der Waals surface area contributed by atoms with E-state index < -0.39 is 17.7 Å². The van der Waals surface area contributed by atoms with Crippen molar-refractivity contribution < 1.29 is 24.2 Å². The molecule has 1 fully saturated rings. The van der Waals surface area contributed by atoms with Gasteiger partial charge in [-0.2, -0.15) is 0 Å². The first-order chi connectivity index (χ1) is 15.9. The number of rotatable bonds is 4. The lowest BCUT2D eigenvalue weighted by Crippen LogP contribution is -2.29. The summed E-state index contributed by atoms with van der Waals surface area (Å²) in [6, 6.07) is 11.5. The zero-order valence-electron chi connectivity index (χ0n) is 18.2. The van der Waals surface area contributed by atoms with Crippen molar-refractivity contribution in [3.05, 3.63) is 69.7 Å². The van der Waals surface area contributed by atoms with E-state index in [0.717, 1.165) is 11.3 Å². The van der Waals surface area contributed by atoms with Gasteiger partial charge in [-0.1, -0.05) is 23.5 Å². The second-order valence-corrected chi connectivity index (χ2v) is 9.16. The molecule has 0 saturated carbocycles. The Kier molecular flexibility index (Phi) is 5.13. The lowest BCUT2D eigenvalue weighted by Gasteiger charge is -2.23. The first-order valence-electron chi connectivity index (χ1n) is 10.4. The van der Waals surface area contributed by atoms with Crippen LogP contribution in [0.3, 0.4) is 0 Å². The van der Waals surface area contributed by atoms with Gasteiger partial charge in [0.25, 0.3) is 5.78 Å². The highest BCUT2D eigenvalue weighted by Gasteiger charge is 2.48. The summed E-state index contributed by atoms with van der Waals surface area (Å²) in [5, 5.41) is 20.4. The van der Waals surface area contributed by atoms with Gasteiger partial charge in [0.05, 0.1) is 18.7 Å². The predicted octanol–water partition coefficient (Wildman–Crippen LogP) is 3.80. The van der Waals surface area contributed by atoms with E-state index in [2.05, 4.69) is 10.2 Å². The molecule has 1 saturated heterocycles. The summed E-state index contributed by atoms with van der Waals surface area (Å²) in [5.41, 5.74) is 2.00. The van der Waals surface area contributed by atoms with Gasteiger partial charge in [0.15, 0.2) is 0 Å². The van der Waals surface area contributed by atoms with Crippen LogP contribution in [-0.4, -0.2) is 40.2 Å². The Morgan fingerprint density at radius 1 is 1.21 bits per heavy atom. The van der Waals surface area contributed by atoms with Crippen LogP contribution in [-0.2, 0) is 16.0 Å². The van der Waals surface area contributed by atoms with Crippen LogP contribution in [0.4, 0.5) is 5.13 Å². The number of nitrogens with zero attached hydrogens (tertiary/aromatic N) is 3. The molecule has 9 heteroatoms. The SMILES string of the molecule is COc1cccc(C2/C(=C(\O)c3ccc4c(c3)CC(C)O4)C(=O)C(=O)N2c2nnc(C)s2)c1. The molecule has 2 unspecified atom stereocenters. The van der Waals surface area contributed by atoms with E-state index >= 15 is 0 Å². The third kappa shape index (κ3) is 3.54. The van der Waals surface area contributed by atoms with Crippen molar-refractivity contribution in [3.8, 4) is 11.5 Å². The van der Waals surface area contributed by atoms with Gasteiger partial charge in [-0.15, -0.1) is 10.2 Å². The van der Waals surface area contributed by atoms with Crippen LogP contribution in [0, 0.1) is 6.92 Å². The Hall–Kier alpha value is -3.72. The molecule has 1 aromatic heterocycles. The Labute approximate surface area is 194 Å². The number of hydrogen-bond acceptors (Lipinski definition) is 8. The van der Waals surface area contributed by atoms with E-state index in [1.165, 1.54) is 23.3 Å². The van der Waals surface area contributed by atoms with Crippen LogP contribution in [0.5, 0.6) is 11.5 Å². The number of Topliss-reactive ketones (excluding diaryl/α,β-unsaturated/α-hetero) is 1. The van der Waals surface area contributed by atoms with Gasteiger partial charge in [0, 0.05) is 12.0 Å². The van der Waals surface area contributed by atoms with Crippen LogP contribution in [0.1, 0.15) is 34.7 Å². The molecule has 0 aliphatic carbocycles. The van der Waals surface area contributed by atoms with E-state index in [-0.39, 0.29) is 22.6 Å². The molecule has 2 aliphatic rings. The highest BCUT2D eigenvalue weighted by molar-refractivity contribution is 7.15. The first kappa shape index (κ1) is 21.1. The molecule has 0 radical (unpaired) electrons. The van der Waals surface area contributed by atoms with Crippen molar-refractivity contribution in [2.75, 3.05) is 12.0 Å². The normalized spacial score (nSPS) is 21.2. The number of carbonyl (C=O) groups is 2. The summed E-state index contributed by atoms with van der Waals surface area (Å²) < 4.78 is 11.1. The number of hydrogen-bond donors (Lipinski definition) is 1. The molecular formula is C24H21N3O5S. The minimum Gasteiger partial charge on any atom is -0.507 e. The van der Waals surface area contributed by atoms with Gasteiger partial charge in [0.2, 0.25) is 5.13 Å². The van der Waals surface area contributed by atoms with Crippen LogP contribution in [0.2, 0.25) is 0 Å². The summed E-state index contributed by atoms with van der Waals surface area (Å²) in [5.74, 6) is -0.465. The lowest BCUT2D eigenvalue weighted by molar-refractivity contribution is -0.132. The number of anilines is 1. The third-order valence-corrected chi connectivity index (χ3v) is 6.58. The number of benzene rings is 2. The summed E-state index contributed by atoms with van der Waals surface area (Å²) in [6.07, 6.45) is 0.745.